The molecule has 0 spiro atoms. The fourth-order valence-electron chi connectivity index (χ4n) is 3.77. The van der Waals surface area contributed by atoms with Crippen molar-refractivity contribution in [1.82, 2.24) is 15.2 Å². The number of pyridine rings is 1. The van der Waals surface area contributed by atoms with E-state index in [1.54, 1.807) is 18.1 Å². The van der Waals surface area contributed by atoms with Gasteiger partial charge in [0.2, 0.25) is 5.91 Å². The van der Waals surface area contributed by atoms with Crippen molar-refractivity contribution in [2.75, 3.05) is 26.8 Å². The van der Waals surface area contributed by atoms with E-state index in [0.29, 0.717) is 37.6 Å². The number of rotatable bonds is 7. The Morgan fingerprint density at radius 3 is 2.65 bits per heavy atom. The Morgan fingerprint density at radius 2 is 1.84 bits per heavy atom. The van der Waals surface area contributed by atoms with Crippen LogP contribution in [0.5, 0.6) is 5.75 Å². The molecule has 0 radical (unpaired) electrons. The van der Waals surface area contributed by atoms with Gasteiger partial charge in [-0.2, -0.15) is 0 Å². The van der Waals surface area contributed by atoms with Gasteiger partial charge in [-0.1, -0.05) is 42.5 Å². The molecule has 2 aromatic carbocycles. The smallest absolute Gasteiger partial charge is 0.273 e. The number of carbonyl (C=O) groups excluding carboxylic acids is 2. The first-order chi connectivity index (χ1) is 15.2. The molecule has 3 aromatic rings. The SMILES string of the molecule is COCCNC(=O)[C@@H]1C[C@H](Oc2ccccc2)CN1C(=O)c1ccc2ccccc2n1. The quantitative estimate of drug-likeness (QED) is 0.596. The number of methoxy groups -OCH3 is 1. The number of carbonyl (C=O) groups is 2. The summed E-state index contributed by atoms with van der Waals surface area (Å²) in [5.41, 5.74) is 1.06. The second kappa shape index (κ2) is 9.57. The second-order valence-electron chi connectivity index (χ2n) is 7.43. The number of nitrogens with one attached hydrogen (secondary N) is 1. The highest BCUT2D eigenvalue weighted by atomic mass is 16.5. The van der Waals surface area contributed by atoms with Crippen LogP contribution in [-0.2, 0) is 9.53 Å². The molecular formula is C24H25N3O4. The van der Waals surface area contributed by atoms with Crippen LogP contribution in [0.2, 0.25) is 0 Å². The standard InChI is InChI=1S/C24H25N3O4/c1-30-14-13-25-23(28)22-15-19(31-18-8-3-2-4-9-18)16-27(22)24(29)21-12-11-17-7-5-6-10-20(17)26-21/h2-12,19,22H,13-16H2,1H3,(H,25,28)/t19-,22-/m0/s1. The van der Waals surface area contributed by atoms with Crippen molar-refractivity contribution in [2.45, 2.75) is 18.6 Å². The zero-order chi connectivity index (χ0) is 21.6. The van der Waals surface area contributed by atoms with Gasteiger partial charge in [0, 0.05) is 25.5 Å². The molecule has 0 aliphatic carbocycles. The Hall–Kier alpha value is -3.45. The van der Waals surface area contributed by atoms with Crippen molar-refractivity contribution in [1.29, 1.82) is 0 Å². The molecule has 1 aliphatic rings. The van der Waals surface area contributed by atoms with E-state index in [-0.39, 0.29) is 17.9 Å². The van der Waals surface area contributed by atoms with Gasteiger partial charge in [0.05, 0.1) is 18.7 Å². The van der Waals surface area contributed by atoms with Crippen LogP contribution >= 0.6 is 0 Å². The summed E-state index contributed by atoms with van der Waals surface area (Å²) in [5.74, 6) is 0.214. The average molecular weight is 419 g/mol. The van der Waals surface area contributed by atoms with E-state index in [4.69, 9.17) is 9.47 Å². The molecule has 2 heterocycles. The van der Waals surface area contributed by atoms with E-state index in [1.807, 2.05) is 60.7 Å². The number of hydrogen-bond donors (Lipinski definition) is 1. The lowest BCUT2D eigenvalue weighted by molar-refractivity contribution is -0.125. The summed E-state index contributed by atoms with van der Waals surface area (Å²) in [4.78, 5) is 32.3. The van der Waals surface area contributed by atoms with Gasteiger partial charge < -0.3 is 19.7 Å². The molecule has 0 saturated carbocycles. The number of para-hydroxylation sites is 2. The van der Waals surface area contributed by atoms with Crippen LogP contribution in [-0.4, -0.2) is 60.7 Å². The minimum absolute atomic E-state index is 0.217. The number of hydrogen-bond acceptors (Lipinski definition) is 5. The molecule has 31 heavy (non-hydrogen) atoms. The molecule has 160 valence electrons. The monoisotopic (exact) mass is 419 g/mol. The van der Waals surface area contributed by atoms with Gasteiger partial charge in [0.25, 0.3) is 5.91 Å². The van der Waals surface area contributed by atoms with Crippen molar-refractivity contribution in [3.8, 4) is 5.75 Å². The Morgan fingerprint density at radius 1 is 1.06 bits per heavy atom. The van der Waals surface area contributed by atoms with E-state index in [2.05, 4.69) is 10.3 Å². The zero-order valence-electron chi connectivity index (χ0n) is 17.4. The van der Waals surface area contributed by atoms with Crippen molar-refractivity contribution in [2.24, 2.45) is 0 Å². The van der Waals surface area contributed by atoms with Crippen molar-refractivity contribution >= 4 is 22.7 Å². The first-order valence-electron chi connectivity index (χ1n) is 10.3. The lowest BCUT2D eigenvalue weighted by Gasteiger charge is -2.23. The zero-order valence-corrected chi connectivity index (χ0v) is 17.4. The Balaban J connectivity index is 1.55. The molecule has 1 fully saturated rings. The molecular weight excluding hydrogens is 394 g/mol. The van der Waals surface area contributed by atoms with Crippen LogP contribution in [0.25, 0.3) is 10.9 Å². The van der Waals surface area contributed by atoms with E-state index in [0.717, 1.165) is 10.9 Å². The van der Waals surface area contributed by atoms with Crippen molar-refractivity contribution in [3.63, 3.8) is 0 Å². The fraction of sp³-hybridized carbons (Fsp3) is 0.292. The maximum absolute atomic E-state index is 13.3. The Bertz CT molecular complexity index is 1060. The molecule has 1 aliphatic heterocycles. The number of amides is 2. The molecule has 7 nitrogen and oxygen atoms in total. The highest BCUT2D eigenvalue weighted by Gasteiger charge is 2.41. The summed E-state index contributed by atoms with van der Waals surface area (Å²) in [6.45, 7) is 1.10. The van der Waals surface area contributed by atoms with E-state index in [9.17, 15) is 9.59 Å². The first kappa shape index (κ1) is 20.8. The van der Waals surface area contributed by atoms with E-state index < -0.39 is 6.04 Å². The molecule has 4 rings (SSSR count). The van der Waals surface area contributed by atoms with Crippen LogP contribution in [0.1, 0.15) is 16.9 Å². The third-order valence-electron chi connectivity index (χ3n) is 5.30. The maximum atomic E-state index is 13.3. The number of benzene rings is 2. The number of nitrogens with zero attached hydrogens (tertiary/aromatic N) is 2. The molecule has 0 unspecified atom stereocenters. The predicted molar refractivity (Wildman–Crippen MR) is 117 cm³/mol. The summed E-state index contributed by atoms with van der Waals surface area (Å²) in [7, 11) is 1.58. The molecule has 0 bridgehead atoms. The molecule has 2 amide bonds. The summed E-state index contributed by atoms with van der Waals surface area (Å²) in [5, 5.41) is 3.80. The van der Waals surface area contributed by atoms with Crippen LogP contribution in [0.15, 0.2) is 66.7 Å². The maximum Gasteiger partial charge on any atom is 0.273 e. The van der Waals surface area contributed by atoms with Gasteiger partial charge in [-0.15, -0.1) is 0 Å². The second-order valence-corrected chi connectivity index (χ2v) is 7.43. The van der Waals surface area contributed by atoms with Gasteiger partial charge in [0.1, 0.15) is 23.6 Å². The molecule has 1 N–H and O–H groups in total. The fourth-order valence-corrected chi connectivity index (χ4v) is 3.77. The third-order valence-corrected chi connectivity index (χ3v) is 5.30. The highest BCUT2D eigenvalue weighted by molar-refractivity contribution is 5.98. The molecule has 7 heteroatoms. The van der Waals surface area contributed by atoms with Gasteiger partial charge in [-0.3, -0.25) is 9.59 Å². The average Bonchev–Trinajstić information content (AvgIpc) is 3.23. The van der Waals surface area contributed by atoms with Crippen LogP contribution in [0.4, 0.5) is 0 Å². The lowest BCUT2D eigenvalue weighted by atomic mass is 10.1. The summed E-state index contributed by atoms with van der Waals surface area (Å²) in [6, 6.07) is 20.0. The summed E-state index contributed by atoms with van der Waals surface area (Å²) >= 11 is 0. The van der Waals surface area contributed by atoms with Crippen LogP contribution < -0.4 is 10.1 Å². The van der Waals surface area contributed by atoms with Gasteiger partial charge in [-0.05, 0) is 24.3 Å². The Labute approximate surface area is 181 Å². The summed E-state index contributed by atoms with van der Waals surface area (Å²) in [6.07, 6.45) is 0.123. The normalized spacial score (nSPS) is 18.2. The molecule has 1 saturated heterocycles. The predicted octanol–water partition coefficient (Wildman–Crippen LogP) is 2.66. The Kier molecular flexibility index (Phi) is 6.43. The van der Waals surface area contributed by atoms with Crippen molar-refractivity contribution < 1.29 is 19.1 Å². The number of aromatic nitrogens is 1. The first-order valence-corrected chi connectivity index (χ1v) is 10.3. The molecule has 2 atom stereocenters. The largest absolute Gasteiger partial charge is 0.488 e. The van der Waals surface area contributed by atoms with Crippen LogP contribution in [0.3, 0.4) is 0 Å². The summed E-state index contributed by atoms with van der Waals surface area (Å²) < 4.78 is 11.1. The van der Waals surface area contributed by atoms with Gasteiger partial charge in [-0.25, -0.2) is 4.98 Å². The van der Waals surface area contributed by atoms with Crippen LogP contribution in [0, 0.1) is 0 Å². The number of likely N-dealkylation sites (tertiary alicyclic amines) is 1. The van der Waals surface area contributed by atoms with Crippen molar-refractivity contribution in [3.05, 3.63) is 72.4 Å². The lowest BCUT2D eigenvalue weighted by Crippen LogP contribution is -2.46. The molecule has 1 aromatic heterocycles. The third kappa shape index (κ3) is 4.83. The van der Waals surface area contributed by atoms with Gasteiger partial charge >= 0.3 is 0 Å². The topological polar surface area (TPSA) is 80.8 Å². The van der Waals surface area contributed by atoms with Gasteiger partial charge in [0.15, 0.2) is 0 Å². The number of ether oxygens (including phenoxy) is 2. The minimum atomic E-state index is -0.633. The van der Waals surface area contributed by atoms with E-state index >= 15 is 0 Å². The highest BCUT2D eigenvalue weighted by Crippen LogP contribution is 2.25. The van der Waals surface area contributed by atoms with E-state index in [1.165, 1.54) is 0 Å². The minimum Gasteiger partial charge on any atom is -0.488 e. The number of fused-ring (bicyclic) bond motifs is 1.